The van der Waals surface area contributed by atoms with Gasteiger partial charge in [-0.15, -0.1) is 0 Å². The molecule has 0 spiro atoms. The first kappa shape index (κ1) is 20.6. The predicted octanol–water partition coefficient (Wildman–Crippen LogP) is 0.470. The van der Waals surface area contributed by atoms with Crippen molar-refractivity contribution in [2.45, 2.75) is 71.3 Å². The van der Waals surface area contributed by atoms with Crippen LogP contribution in [-0.2, 0) is 20.0 Å². The third-order valence-corrected chi connectivity index (χ3v) is 34.1. The summed E-state index contributed by atoms with van der Waals surface area (Å²) in [5.74, 6) is 0. The van der Waals surface area contributed by atoms with Gasteiger partial charge in [0.05, 0.1) is 0 Å². The van der Waals surface area contributed by atoms with Crippen LogP contribution in [0.25, 0.3) is 0 Å². The van der Waals surface area contributed by atoms with Crippen LogP contribution in [0.4, 0.5) is 0 Å². The topological polar surface area (TPSA) is 0 Å². The fourth-order valence-corrected chi connectivity index (χ4v) is 33.8. The van der Waals surface area contributed by atoms with Gasteiger partial charge in [0.1, 0.15) is 0 Å². The molecular formula is C20H30Cl2HfSi2. The second kappa shape index (κ2) is 7.02. The first-order chi connectivity index (χ1) is 11.0. The molecule has 0 N–H and O–H groups in total. The van der Waals surface area contributed by atoms with Crippen LogP contribution in [0, 0.1) is 0 Å². The molecule has 0 saturated carbocycles. The number of hydrogen-bond donors (Lipinski definition) is 0. The van der Waals surface area contributed by atoms with E-state index in [1.807, 2.05) is 17.1 Å². The second-order valence-corrected chi connectivity index (χ2v) is 34.9. The van der Waals surface area contributed by atoms with Crippen molar-refractivity contribution in [1.29, 1.82) is 0 Å². The maximum atomic E-state index is 2.79. The first-order valence-electron chi connectivity index (χ1n) is 9.88. The van der Waals surface area contributed by atoms with Gasteiger partial charge < -0.3 is 24.8 Å². The second-order valence-electron chi connectivity index (χ2n) is 9.48. The van der Waals surface area contributed by atoms with Crippen molar-refractivity contribution in [2.75, 3.05) is 0 Å². The standard InChI is InChI=1S/2C9H13Si.C2H4.2ClH.Hf/c2*1-10(7-4-8-10)9-5-2-3-6-9;1-2;;;/h2*5-6H,2,4,7-8H2,1H3;1-2H2;2*1H;/q;;;;;+2/p-2. The van der Waals surface area contributed by atoms with Gasteiger partial charge in [-0.05, 0) is 0 Å². The molecule has 5 aliphatic rings. The van der Waals surface area contributed by atoms with Crippen LogP contribution in [0.1, 0.15) is 25.7 Å². The fourth-order valence-electron chi connectivity index (χ4n) is 5.52. The van der Waals surface area contributed by atoms with Crippen molar-refractivity contribution in [3.8, 4) is 0 Å². The minimum atomic E-state index is -2.14. The summed E-state index contributed by atoms with van der Waals surface area (Å²) in [7, 11) is -1.88. The van der Waals surface area contributed by atoms with E-state index in [0.717, 1.165) is 0 Å². The van der Waals surface area contributed by atoms with Crippen LogP contribution < -0.4 is 24.8 Å². The Labute approximate surface area is 172 Å². The third-order valence-electron chi connectivity index (χ3n) is 8.03. The maximum Gasteiger partial charge on any atom is -1.00 e. The summed E-state index contributed by atoms with van der Waals surface area (Å²) >= 11 is -2.14. The molecule has 0 radical (unpaired) electrons. The number of halogens is 2. The molecule has 3 aliphatic heterocycles. The Hall–Kier alpha value is 0.844. The number of hydrogen-bond acceptors (Lipinski definition) is 0. The monoisotopic (exact) mass is 576 g/mol. The third kappa shape index (κ3) is 3.18. The number of allylic oxidation sites excluding steroid dienone is 8. The molecule has 0 aromatic rings. The normalized spacial score (nSPS) is 28.4. The van der Waals surface area contributed by atoms with Crippen molar-refractivity contribution >= 4 is 16.1 Å². The van der Waals surface area contributed by atoms with Crippen LogP contribution in [0.15, 0.2) is 41.4 Å². The Morgan fingerprint density at radius 2 is 1.12 bits per heavy atom. The summed E-state index contributed by atoms with van der Waals surface area (Å²) in [5.41, 5.74) is 0. The van der Waals surface area contributed by atoms with E-state index in [4.69, 9.17) is 0 Å². The average Bonchev–Trinajstić information content (AvgIpc) is 2.93. The van der Waals surface area contributed by atoms with Gasteiger partial charge in [-0.25, -0.2) is 0 Å². The van der Waals surface area contributed by atoms with Crippen molar-refractivity contribution in [3.63, 3.8) is 0 Å². The summed E-state index contributed by atoms with van der Waals surface area (Å²) in [6.07, 6.45) is 16.7. The van der Waals surface area contributed by atoms with E-state index in [-0.39, 0.29) is 24.8 Å². The summed E-state index contributed by atoms with van der Waals surface area (Å²) < 4.78 is 7.36. The zero-order valence-corrected chi connectivity index (χ0v) is 22.7. The molecule has 0 unspecified atom stereocenters. The largest absolute Gasteiger partial charge is 1.00 e. The van der Waals surface area contributed by atoms with E-state index in [0.29, 0.717) is 0 Å². The Balaban J connectivity index is 0.000000911. The molecule has 0 aromatic carbocycles. The summed E-state index contributed by atoms with van der Waals surface area (Å²) in [4.78, 5) is 0. The Kier molecular flexibility index (Phi) is 5.78. The van der Waals surface area contributed by atoms with Gasteiger partial charge >= 0.3 is 149 Å². The van der Waals surface area contributed by atoms with Crippen LogP contribution in [0.5, 0.6) is 0 Å². The van der Waals surface area contributed by atoms with Gasteiger partial charge in [-0.2, -0.15) is 0 Å². The van der Waals surface area contributed by atoms with E-state index in [1.54, 1.807) is 32.5 Å². The minimum Gasteiger partial charge on any atom is -1.00 e. The predicted molar refractivity (Wildman–Crippen MR) is 103 cm³/mol. The van der Waals surface area contributed by atoms with Crippen LogP contribution in [0.3, 0.4) is 0 Å². The molecule has 0 amide bonds. The molecule has 3 heterocycles. The number of rotatable bonds is 4. The average molecular weight is 576 g/mol. The Morgan fingerprint density at radius 3 is 1.40 bits per heavy atom. The molecule has 2 aliphatic carbocycles. The van der Waals surface area contributed by atoms with Crippen molar-refractivity contribution in [1.82, 2.24) is 0 Å². The molecule has 0 atom stereocenters. The van der Waals surface area contributed by atoms with E-state index in [9.17, 15) is 0 Å². The molecule has 3 fully saturated rings. The van der Waals surface area contributed by atoms with E-state index < -0.39 is 36.1 Å². The van der Waals surface area contributed by atoms with Gasteiger partial charge in [0.2, 0.25) is 0 Å². The van der Waals surface area contributed by atoms with Gasteiger partial charge in [0.25, 0.3) is 0 Å². The Bertz CT molecular complexity index is 636. The molecule has 0 aromatic heterocycles. The quantitative estimate of drug-likeness (QED) is 0.428. The molecule has 5 rings (SSSR count). The zero-order valence-electron chi connectivity index (χ0n) is 15.6. The van der Waals surface area contributed by atoms with Gasteiger partial charge in [-0.1, -0.05) is 0 Å². The van der Waals surface area contributed by atoms with Gasteiger partial charge in [-0.3, -0.25) is 0 Å². The summed E-state index contributed by atoms with van der Waals surface area (Å²) in [6.45, 7) is 5.30. The molecule has 3 saturated heterocycles. The molecular weight excluding hydrogens is 546 g/mol. The molecule has 0 bridgehead atoms. The smallest absolute Gasteiger partial charge is 1.00 e. The SMILES string of the molecule is C[Si]1(C2=CC[C]([Hf+2]3([C]4=CC([Si]5(C)CCC5)=CC4)[CH2][CH2]3)=C2)CCC1.[Cl-].[Cl-]. The molecule has 25 heavy (non-hydrogen) atoms. The van der Waals surface area contributed by atoms with Crippen LogP contribution >= 0.6 is 0 Å². The van der Waals surface area contributed by atoms with Crippen LogP contribution in [0.2, 0.25) is 45.6 Å². The van der Waals surface area contributed by atoms with Crippen molar-refractivity contribution < 1.29 is 44.8 Å². The first-order valence-corrected chi connectivity index (χ1v) is 24.4. The molecule has 5 heteroatoms. The van der Waals surface area contributed by atoms with Crippen LogP contribution in [-0.4, -0.2) is 16.1 Å². The summed E-state index contributed by atoms with van der Waals surface area (Å²) in [6, 6.07) is 6.30. The van der Waals surface area contributed by atoms with Gasteiger partial charge in [0, 0.05) is 0 Å². The zero-order chi connectivity index (χ0) is 15.7. The minimum absolute atomic E-state index is 0. The molecule has 0 nitrogen and oxygen atoms in total. The van der Waals surface area contributed by atoms with E-state index >= 15 is 0 Å². The molecule has 136 valence electrons. The van der Waals surface area contributed by atoms with Crippen molar-refractivity contribution in [2.24, 2.45) is 0 Å². The van der Waals surface area contributed by atoms with Gasteiger partial charge in [0.15, 0.2) is 0 Å². The van der Waals surface area contributed by atoms with E-state index in [2.05, 4.69) is 37.4 Å². The summed E-state index contributed by atoms with van der Waals surface area (Å²) in [5, 5.41) is 3.74. The van der Waals surface area contributed by atoms with E-state index in [1.165, 1.54) is 25.7 Å². The Morgan fingerprint density at radius 1 is 0.720 bits per heavy atom. The fraction of sp³-hybridized carbons (Fsp3) is 0.600. The van der Waals surface area contributed by atoms with Crippen molar-refractivity contribution in [3.05, 3.63) is 41.4 Å². The maximum absolute atomic E-state index is 2.79.